The van der Waals surface area contributed by atoms with Crippen LogP contribution in [0.5, 0.6) is 0 Å². The van der Waals surface area contributed by atoms with Gasteiger partial charge in [-0.3, -0.25) is 0 Å². The predicted octanol–water partition coefficient (Wildman–Crippen LogP) is 1.92. The Morgan fingerprint density at radius 2 is 2.17 bits per heavy atom. The molecule has 1 aromatic rings. The Morgan fingerprint density at radius 1 is 1.44 bits per heavy atom. The van der Waals surface area contributed by atoms with Crippen molar-refractivity contribution in [1.82, 2.24) is 10.3 Å². The second-order valence-electron chi connectivity index (χ2n) is 4.72. The molecule has 104 valence electrons. The Hall–Kier alpha value is -0.490. The standard InChI is InChI=1S/C13H24N2O2S/c1-9(8-16)7-14-10(2)13-11(3)15-12(18-13)5-6-17-4/h9-10,14,16H,5-8H2,1-4H3. The zero-order valence-corrected chi connectivity index (χ0v) is 12.5. The van der Waals surface area contributed by atoms with Crippen LogP contribution in [0.1, 0.15) is 35.5 Å². The number of methoxy groups -OCH3 is 1. The summed E-state index contributed by atoms with van der Waals surface area (Å²) in [6.45, 7) is 7.99. The van der Waals surface area contributed by atoms with E-state index in [-0.39, 0.29) is 18.6 Å². The molecule has 18 heavy (non-hydrogen) atoms. The zero-order valence-electron chi connectivity index (χ0n) is 11.7. The lowest BCUT2D eigenvalue weighted by molar-refractivity contribution is 0.202. The van der Waals surface area contributed by atoms with E-state index in [0.717, 1.165) is 30.3 Å². The average molecular weight is 272 g/mol. The first-order valence-electron chi connectivity index (χ1n) is 6.37. The number of nitrogens with zero attached hydrogens (tertiary/aromatic N) is 1. The molecule has 2 atom stereocenters. The third-order valence-electron chi connectivity index (χ3n) is 2.87. The molecule has 0 fully saturated rings. The fraction of sp³-hybridized carbons (Fsp3) is 0.769. The maximum atomic E-state index is 9.01. The first-order chi connectivity index (χ1) is 8.58. The molecule has 0 radical (unpaired) electrons. The van der Waals surface area contributed by atoms with Gasteiger partial charge in [-0.1, -0.05) is 6.92 Å². The quantitative estimate of drug-likeness (QED) is 0.759. The lowest BCUT2D eigenvalue weighted by Gasteiger charge is -2.15. The highest BCUT2D eigenvalue weighted by Gasteiger charge is 2.14. The zero-order chi connectivity index (χ0) is 13.5. The first-order valence-corrected chi connectivity index (χ1v) is 7.19. The van der Waals surface area contributed by atoms with Crippen molar-refractivity contribution in [1.29, 1.82) is 0 Å². The van der Waals surface area contributed by atoms with E-state index in [1.807, 2.05) is 6.92 Å². The number of hydrogen-bond donors (Lipinski definition) is 2. The molecule has 5 heteroatoms. The first kappa shape index (κ1) is 15.6. The molecule has 2 unspecified atom stereocenters. The van der Waals surface area contributed by atoms with Crippen LogP contribution in [0.15, 0.2) is 0 Å². The van der Waals surface area contributed by atoms with Crippen LogP contribution >= 0.6 is 11.3 Å². The number of hydrogen-bond acceptors (Lipinski definition) is 5. The van der Waals surface area contributed by atoms with Crippen LogP contribution in [0.4, 0.5) is 0 Å². The summed E-state index contributed by atoms with van der Waals surface area (Å²) < 4.78 is 5.07. The number of aliphatic hydroxyl groups excluding tert-OH is 1. The van der Waals surface area contributed by atoms with Gasteiger partial charge < -0.3 is 15.2 Å². The van der Waals surface area contributed by atoms with Crippen molar-refractivity contribution in [3.8, 4) is 0 Å². The SMILES string of the molecule is COCCc1nc(C)c(C(C)NCC(C)CO)s1. The molecule has 0 amide bonds. The second kappa shape index (κ2) is 7.84. The van der Waals surface area contributed by atoms with Crippen LogP contribution in [0, 0.1) is 12.8 Å². The Kier molecular flexibility index (Phi) is 6.78. The minimum absolute atomic E-state index is 0.223. The van der Waals surface area contributed by atoms with Crippen LogP contribution in [0.25, 0.3) is 0 Å². The van der Waals surface area contributed by atoms with Gasteiger partial charge in [0.1, 0.15) is 0 Å². The summed E-state index contributed by atoms with van der Waals surface area (Å²) >= 11 is 1.75. The summed E-state index contributed by atoms with van der Waals surface area (Å²) in [4.78, 5) is 5.85. The van der Waals surface area contributed by atoms with E-state index >= 15 is 0 Å². The predicted molar refractivity (Wildman–Crippen MR) is 75.1 cm³/mol. The van der Waals surface area contributed by atoms with E-state index in [1.165, 1.54) is 4.88 Å². The normalized spacial score (nSPS) is 14.7. The van der Waals surface area contributed by atoms with Crippen LogP contribution in [-0.4, -0.2) is 37.0 Å². The molecule has 1 aromatic heterocycles. The maximum absolute atomic E-state index is 9.01. The van der Waals surface area contributed by atoms with Gasteiger partial charge in [-0.25, -0.2) is 4.98 Å². The molecule has 0 spiro atoms. The van der Waals surface area contributed by atoms with Crippen molar-refractivity contribution >= 4 is 11.3 Å². The number of aryl methyl sites for hydroxylation is 1. The molecule has 0 saturated heterocycles. The van der Waals surface area contributed by atoms with Gasteiger partial charge in [-0.15, -0.1) is 11.3 Å². The molecule has 4 nitrogen and oxygen atoms in total. The maximum Gasteiger partial charge on any atom is 0.0954 e. The Balaban J connectivity index is 2.56. The minimum Gasteiger partial charge on any atom is -0.396 e. The summed E-state index contributed by atoms with van der Waals surface area (Å²) in [6, 6.07) is 0.285. The highest BCUT2D eigenvalue weighted by atomic mass is 32.1. The molecule has 2 N–H and O–H groups in total. The van der Waals surface area contributed by atoms with Gasteiger partial charge in [0.15, 0.2) is 0 Å². The Labute approximate surface area is 113 Å². The fourth-order valence-electron chi connectivity index (χ4n) is 1.70. The van der Waals surface area contributed by atoms with Crippen LogP contribution < -0.4 is 5.32 Å². The molecule has 1 rings (SSSR count). The van der Waals surface area contributed by atoms with Crippen molar-refractivity contribution in [2.24, 2.45) is 5.92 Å². The highest BCUT2D eigenvalue weighted by Crippen LogP contribution is 2.25. The van der Waals surface area contributed by atoms with E-state index in [4.69, 9.17) is 9.84 Å². The van der Waals surface area contributed by atoms with E-state index in [9.17, 15) is 0 Å². The van der Waals surface area contributed by atoms with Gasteiger partial charge in [0.2, 0.25) is 0 Å². The fourth-order valence-corrected chi connectivity index (χ4v) is 2.77. The van der Waals surface area contributed by atoms with Crippen molar-refractivity contribution in [2.75, 3.05) is 26.9 Å². The highest BCUT2D eigenvalue weighted by molar-refractivity contribution is 7.11. The second-order valence-corrected chi connectivity index (χ2v) is 5.83. The van der Waals surface area contributed by atoms with Crippen LogP contribution in [-0.2, 0) is 11.2 Å². The van der Waals surface area contributed by atoms with Gasteiger partial charge in [0, 0.05) is 37.6 Å². The molecule has 0 bridgehead atoms. The van der Waals surface area contributed by atoms with Crippen molar-refractivity contribution in [3.05, 3.63) is 15.6 Å². The lowest BCUT2D eigenvalue weighted by atomic mass is 10.1. The van der Waals surface area contributed by atoms with Gasteiger partial charge in [-0.2, -0.15) is 0 Å². The molecule has 0 aliphatic rings. The summed E-state index contributed by atoms with van der Waals surface area (Å²) in [6.07, 6.45) is 0.877. The molecule has 0 saturated carbocycles. The van der Waals surface area contributed by atoms with E-state index < -0.39 is 0 Å². The minimum atomic E-state index is 0.223. The number of ether oxygens (including phenoxy) is 1. The molecule has 1 heterocycles. The molecule has 0 aliphatic carbocycles. The summed E-state index contributed by atoms with van der Waals surface area (Å²) in [5, 5.41) is 13.6. The van der Waals surface area contributed by atoms with Gasteiger partial charge in [0.25, 0.3) is 0 Å². The number of aromatic nitrogens is 1. The number of nitrogens with one attached hydrogen (secondary N) is 1. The smallest absolute Gasteiger partial charge is 0.0954 e. The Bertz CT molecular complexity index is 355. The number of rotatable bonds is 8. The Morgan fingerprint density at radius 3 is 2.78 bits per heavy atom. The van der Waals surface area contributed by atoms with E-state index in [1.54, 1.807) is 18.4 Å². The third-order valence-corrected chi connectivity index (χ3v) is 4.27. The van der Waals surface area contributed by atoms with Crippen molar-refractivity contribution in [2.45, 2.75) is 33.2 Å². The van der Waals surface area contributed by atoms with Crippen LogP contribution in [0.2, 0.25) is 0 Å². The molecular formula is C13H24N2O2S. The van der Waals surface area contributed by atoms with Gasteiger partial charge >= 0.3 is 0 Å². The molecule has 0 aliphatic heterocycles. The largest absolute Gasteiger partial charge is 0.396 e. The number of aliphatic hydroxyl groups is 1. The van der Waals surface area contributed by atoms with Gasteiger partial charge in [-0.05, 0) is 19.8 Å². The summed E-state index contributed by atoms with van der Waals surface area (Å²) in [5.74, 6) is 0.286. The summed E-state index contributed by atoms with van der Waals surface area (Å²) in [5.41, 5.74) is 1.10. The number of thiazole rings is 1. The van der Waals surface area contributed by atoms with E-state index in [2.05, 4.69) is 24.1 Å². The third kappa shape index (κ3) is 4.65. The lowest BCUT2D eigenvalue weighted by Crippen LogP contribution is -2.25. The topological polar surface area (TPSA) is 54.4 Å². The average Bonchev–Trinajstić information content (AvgIpc) is 2.74. The molecular weight excluding hydrogens is 248 g/mol. The van der Waals surface area contributed by atoms with Crippen LogP contribution in [0.3, 0.4) is 0 Å². The summed E-state index contributed by atoms with van der Waals surface area (Å²) in [7, 11) is 1.71. The molecule has 0 aromatic carbocycles. The monoisotopic (exact) mass is 272 g/mol. The van der Waals surface area contributed by atoms with Crippen molar-refractivity contribution in [3.63, 3.8) is 0 Å². The van der Waals surface area contributed by atoms with Crippen molar-refractivity contribution < 1.29 is 9.84 Å². The van der Waals surface area contributed by atoms with Gasteiger partial charge in [0.05, 0.1) is 17.3 Å². The van der Waals surface area contributed by atoms with E-state index in [0.29, 0.717) is 0 Å².